The standard InChI is InChI=1S/C16H18S3/c1-11-13-5-3-4-6-14(13)12(2)16-15(11)18-9-7-17-8-10-19-16/h3-6H,7-10H2,1-2H3. The lowest BCUT2D eigenvalue weighted by Crippen LogP contribution is -1.94. The van der Waals surface area contributed by atoms with Crippen LogP contribution >= 0.6 is 35.3 Å². The number of hydrogen-bond acceptors (Lipinski definition) is 3. The van der Waals surface area contributed by atoms with Crippen LogP contribution in [0.4, 0.5) is 0 Å². The average molecular weight is 307 g/mol. The number of fused-ring (bicyclic) bond motifs is 2. The number of thioether (sulfide) groups is 3. The van der Waals surface area contributed by atoms with E-state index in [9.17, 15) is 0 Å². The number of aryl methyl sites for hydroxylation is 2. The second kappa shape index (κ2) is 6.02. The lowest BCUT2D eigenvalue weighted by Gasteiger charge is -2.17. The molecule has 0 N–H and O–H groups in total. The van der Waals surface area contributed by atoms with Crippen LogP contribution in [-0.4, -0.2) is 23.0 Å². The van der Waals surface area contributed by atoms with Gasteiger partial charge in [0.25, 0.3) is 0 Å². The van der Waals surface area contributed by atoms with E-state index in [1.807, 2.05) is 0 Å². The molecule has 19 heavy (non-hydrogen) atoms. The largest absolute Gasteiger partial charge is 0.160 e. The van der Waals surface area contributed by atoms with Crippen molar-refractivity contribution in [3.05, 3.63) is 35.4 Å². The van der Waals surface area contributed by atoms with Crippen molar-refractivity contribution in [1.29, 1.82) is 0 Å². The Balaban J connectivity index is 2.24. The highest BCUT2D eigenvalue weighted by Crippen LogP contribution is 2.42. The normalized spacial score (nSPS) is 16.5. The molecule has 1 heterocycles. The Hall–Kier alpha value is -0.250. The highest BCUT2D eigenvalue weighted by Gasteiger charge is 2.16. The van der Waals surface area contributed by atoms with E-state index in [1.165, 1.54) is 54.7 Å². The van der Waals surface area contributed by atoms with Gasteiger partial charge >= 0.3 is 0 Å². The van der Waals surface area contributed by atoms with E-state index in [2.05, 4.69) is 73.4 Å². The lowest BCUT2D eigenvalue weighted by atomic mass is 10.0. The van der Waals surface area contributed by atoms with Crippen LogP contribution in [0.3, 0.4) is 0 Å². The van der Waals surface area contributed by atoms with Crippen LogP contribution < -0.4 is 0 Å². The summed E-state index contributed by atoms with van der Waals surface area (Å²) < 4.78 is 0. The fourth-order valence-corrected chi connectivity index (χ4v) is 6.37. The Kier molecular flexibility index (Phi) is 4.35. The Labute approximate surface area is 128 Å². The number of rotatable bonds is 0. The quantitative estimate of drug-likeness (QED) is 0.640. The zero-order valence-electron chi connectivity index (χ0n) is 11.4. The number of hydrogen-bond donors (Lipinski definition) is 0. The van der Waals surface area contributed by atoms with E-state index in [1.54, 1.807) is 0 Å². The van der Waals surface area contributed by atoms with E-state index >= 15 is 0 Å². The molecular formula is C16H18S3. The summed E-state index contributed by atoms with van der Waals surface area (Å²) in [6, 6.07) is 8.85. The van der Waals surface area contributed by atoms with Gasteiger partial charge in [0.05, 0.1) is 0 Å². The van der Waals surface area contributed by atoms with Crippen molar-refractivity contribution < 1.29 is 0 Å². The molecule has 1 aliphatic heterocycles. The van der Waals surface area contributed by atoms with E-state index < -0.39 is 0 Å². The highest BCUT2D eigenvalue weighted by molar-refractivity contribution is 8.06. The molecule has 0 saturated carbocycles. The third kappa shape index (κ3) is 2.65. The monoisotopic (exact) mass is 306 g/mol. The van der Waals surface area contributed by atoms with Crippen LogP contribution in [0.1, 0.15) is 11.1 Å². The van der Waals surface area contributed by atoms with Crippen molar-refractivity contribution in [3.63, 3.8) is 0 Å². The Bertz CT molecular complexity index is 552. The van der Waals surface area contributed by atoms with Gasteiger partial charge in [0.15, 0.2) is 0 Å². The van der Waals surface area contributed by atoms with E-state index in [4.69, 9.17) is 0 Å². The van der Waals surface area contributed by atoms with Gasteiger partial charge in [-0.3, -0.25) is 0 Å². The van der Waals surface area contributed by atoms with E-state index in [0.717, 1.165) is 0 Å². The summed E-state index contributed by atoms with van der Waals surface area (Å²) in [5.41, 5.74) is 2.95. The van der Waals surface area contributed by atoms with Crippen LogP contribution in [0.5, 0.6) is 0 Å². The zero-order chi connectivity index (χ0) is 13.2. The van der Waals surface area contributed by atoms with E-state index in [0.29, 0.717) is 0 Å². The summed E-state index contributed by atoms with van der Waals surface area (Å²) in [6.07, 6.45) is 0. The maximum atomic E-state index is 2.29. The van der Waals surface area contributed by atoms with Gasteiger partial charge < -0.3 is 0 Å². The lowest BCUT2D eigenvalue weighted by molar-refractivity contribution is 1.15. The molecule has 3 rings (SSSR count). The van der Waals surface area contributed by atoms with Crippen molar-refractivity contribution in [1.82, 2.24) is 0 Å². The summed E-state index contributed by atoms with van der Waals surface area (Å²) in [7, 11) is 0. The van der Waals surface area contributed by atoms with E-state index in [-0.39, 0.29) is 0 Å². The van der Waals surface area contributed by atoms with Gasteiger partial charge in [0.2, 0.25) is 0 Å². The molecule has 2 aromatic rings. The van der Waals surface area contributed by atoms with Crippen LogP contribution in [0.15, 0.2) is 34.1 Å². The molecule has 0 radical (unpaired) electrons. The molecule has 3 heteroatoms. The minimum absolute atomic E-state index is 1.23. The predicted molar refractivity (Wildman–Crippen MR) is 92.2 cm³/mol. The average Bonchev–Trinajstić information content (AvgIpc) is 2.56. The molecule has 1 aliphatic rings. The fraction of sp³-hybridized carbons (Fsp3) is 0.375. The van der Waals surface area contributed by atoms with Crippen molar-refractivity contribution in [2.45, 2.75) is 23.6 Å². The minimum Gasteiger partial charge on any atom is -0.160 e. The van der Waals surface area contributed by atoms with Gasteiger partial charge in [-0.05, 0) is 35.7 Å². The Morgan fingerprint density at radius 1 is 0.737 bits per heavy atom. The maximum Gasteiger partial charge on any atom is 0.0247 e. The summed E-state index contributed by atoms with van der Waals surface area (Å²) in [4.78, 5) is 3.06. The van der Waals surface area contributed by atoms with Gasteiger partial charge in [-0.25, -0.2) is 0 Å². The molecular weight excluding hydrogens is 288 g/mol. The fourth-order valence-electron chi connectivity index (χ4n) is 2.58. The molecule has 2 aromatic carbocycles. The SMILES string of the molecule is Cc1c2c(c(C)c3ccccc13)SCCSCCS2. The van der Waals surface area contributed by atoms with Gasteiger partial charge in [0.1, 0.15) is 0 Å². The third-order valence-corrected chi connectivity index (χ3v) is 7.62. The number of benzene rings is 2. The first kappa shape index (κ1) is 13.7. The molecule has 0 aromatic heterocycles. The Morgan fingerprint density at radius 3 is 1.68 bits per heavy atom. The molecule has 100 valence electrons. The molecule has 0 amide bonds. The van der Waals surface area contributed by atoms with Crippen molar-refractivity contribution in [3.8, 4) is 0 Å². The summed E-state index contributed by atoms with van der Waals surface area (Å²) >= 11 is 6.19. The van der Waals surface area contributed by atoms with Crippen molar-refractivity contribution in [2.75, 3.05) is 23.0 Å². The highest BCUT2D eigenvalue weighted by atomic mass is 32.2. The van der Waals surface area contributed by atoms with Crippen LogP contribution in [0.25, 0.3) is 10.8 Å². The molecule has 0 spiro atoms. The maximum absolute atomic E-state index is 2.29. The smallest absolute Gasteiger partial charge is 0.0247 e. The second-order valence-electron chi connectivity index (χ2n) is 4.76. The summed E-state index contributed by atoms with van der Waals surface area (Å²) in [6.45, 7) is 4.58. The summed E-state index contributed by atoms with van der Waals surface area (Å²) in [5.74, 6) is 5.01. The minimum atomic E-state index is 1.23. The van der Waals surface area contributed by atoms with Crippen molar-refractivity contribution >= 4 is 46.1 Å². The van der Waals surface area contributed by atoms with Gasteiger partial charge in [-0.15, -0.1) is 23.5 Å². The first-order chi connectivity index (χ1) is 9.29. The van der Waals surface area contributed by atoms with Gasteiger partial charge in [-0.1, -0.05) is 24.3 Å². The second-order valence-corrected chi connectivity index (χ2v) is 8.20. The zero-order valence-corrected chi connectivity index (χ0v) is 13.8. The molecule has 0 aliphatic carbocycles. The molecule has 0 unspecified atom stereocenters. The van der Waals surface area contributed by atoms with Crippen LogP contribution in [0.2, 0.25) is 0 Å². The van der Waals surface area contributed by atoms with Crippen molar-refractivity contribution in [2.24, 2.45) is 0 Å². The van der Waals surface area contributed by atoms with Crippen LogP contribution in [-0.2, 0) is 0 Å². The predicted octanol–water partition coefficient (Wildman–Crippen LogP) is 5.39. The van der Waals surface area contributed by atoms with Gasteiger partial charge in [-0.2, -0.15) is 11.8 Å². The first-order valence-corrected chi connectivity index (χ1v) is 9.77. The molecule has 0 fully saturated rings. The molecule has 0 saturated heterocycles. The first-order valence-electron chi connectivity index (χ1n) is 6.64. The topological polar surface area (TPSA) is 0 Å². The molecule has 0 nitrogen and oxygen atoms in total. The summed E-state index contributed by atoms with van der Waals surface area (Å²) in [5, 5.41) is 2.86. The molecule has 0 bridgehead atoms. The Morgan fingerprint density at radius 2 is 1.21 bits per heavy atom. The van der Waals surface area contributed by atoms with Crippen LogP contribution in [0, 0.1) is 13.8 Å². The third-order valence-electron chi connectivity index (χ3n) is 3.57. The molecule has 0 atom stereocenters. The van der Waals surface area contributed by atoms with Gasteiger partial charge in [0, 0.05) is 32.8 Å².